The van der Waals surface area contributed by atoms with Crippen LogP contribution in [0, 0.1) is 16.7 Å². The minimum atomic E-state index is -0.434. The molecule has 1 aliphatic rings. The Morgan fingerprint density at radius 1 is 1.35 bits per heavy atom. The summed E-state index contributed by atoms with van der Waals surface area (Å²) < 4.78 is 0. The first-order valence-electron chi connectivity index (χ1n) is 6.46. The van der Waals surface area contributed by atoms with Crippen molar-refractivity contribution in [3.63, 3.8) is 0 Å². The maximum absolute atomic E-state index is 12.2. The zero-order valence-electron chi connectivity index (χ0n) is 11.8. The Morgan fingerprint density at radius 3 is 2.60 bits per heavy atom. The second-order valence-electron chi connectivity index (χ2n) is 5.96. The van der Waals surface area contributed by atoms with Gasteiger partial charge in [0.05, 0.1) is 17.3 Å². The average Bonchev–Trinajstić information content (AvgIpc) is 2.37. The zero-order valence-corrected chi connectivity index (χ0v) is 11.8. The summed E-state index contributed by atoms with van der Waals surface area (Å²) >= 11 is 0. The van der Waals surface area contributed by atoms with E-state index in [0.717, 1.165) is 4.90 Å². The lowest BCUT2D eigenvalue weighted by Crippen LogP contribution is -2.58. The van der Waals surface area contributed by atoms with Crippen molar-refractivity contribution < 1.29 is 9.59 Å². The highest BCUT2D eigenvalue weighted by Gasteiger charge is 2.38. The first kappa shape index (κ1) is 14.1. The van der Waals surface area contributed by atoms with Gasteiger partial charge < -0.3 is 5.32 Å². The van der Waals surface area contributed by atoms with E-state index in [1.54, 1.807) is 18.2 Å². The van der Waals surface area contributed by atoms with E-state index in [0.29, 0.717) is 11.3 Å². The fourth-order valence-electron chi connectivity index (χ4n) is 2.14. The molecule has 1 N–H and O–H groups in total. The second-order valence-corrected chi connectivity index (χ2v) is 5.96. The van der Waals surface area contributed by atoms with Gasteiger partial charge in [0.2, 0.25) is 5.91 Å². The largest absolute Gasteiger partial charge is 0.334 e. The van der Waals surface area contributed by atoms with E-state index in [2.05, 4.69) is 5.32 Å². The van der Waals surface area contributed by atoms with Crippen LogP contribution in [0.3, 0.4) is 0 Å². The minimum Gasteiger partial charge on any atom is -0.334 e. The number of benzene rings is 1. The maximum atomic E-state index is 12.2. The molecule has 1 aromatic carbocycles. The Hall–Kier alpha value is -2.35. The zero-order chi connectivity index (χ0) is 14.9. The normalized spacial score (nSPS) is 19.5. The number of urea groups is 1. The summed E-state index contributed by atoms with van der Waals surface area (Å²) in [6.07, 6.45) is 0.256. The third kappa shape index (κ3) is 2.64. The Kier molecular flexibility index (Phi) is 3.49. The van der Waals surface area contributed by atoms with Crippen LogP contribution in [0.2, 0.25) is 0 Å². The van der Waals surface area contributed by atoms with Crippen LogP contribution in [0.4, 0.5) is 10.5 Å². The van der Waals surface area contributed by atoms with Gasteiger partial charge in [-0.1, -0.05) is 26.8 Å². The van der Waals surface area contributed by atoms with Crippen LogP contribution in [0.1, 0.15) is 32.8 Å². The Labute approximate surface area is 118 Å². The van der Waals surface area contributed by atoms with E-state index >= 15 is 0 Å². The van der Waals surface area contributed by atoms with E-state index in [9.17, 15) is 9.59 Å². The smallest absolute Gasteiger partial charge is 0.328 e. The third-order valence-corrected chi connectivity index (χ3v) is 3.41. The Balaban J connectivity index is 2.29. The first-order chi connectivity index (χ1) is 9.32. The first-order valence-corrected chi connectivity index (χ1v) is 6.46. The summed E-state index contributed by atoms with van der Waals surface area (Å²) in [4.78, 5) is 25.5. The van der Waals surface area contributed by atoms with Crippen LogP contribution in [-0.4, -0.2) is 18.0 Å². The van der Waals surface area contributed by atoms with Crippen molar-refractivity contribution in [1.29, 1.82) is 5.26 Å². The fraction of sp³-hybridized carbons (Fsp3) is 0.400. The number of nitriles is 1. The molecule has 1 aromatic rings. The molecule has 5 nitrogen and oxygen atoms in total. The Morgan fingerprint density at radius 2 is 2.05 bits per heavy atom. The van der Waals surface area contributed by atoms with Gasteiger partial charge in [-0.3, -0.25) is 4.79 Å². The number of anilines is 1. The number of nitrogens with one attached hydrogen (secondary N) is 1. The maximum Gasteiger partial charge on any atom is 0.328 e. The molecule has 20 heavy (non-hydrogen) atoms. The molecule has 1 fully saturated rings. The molecule has 0 radical (unpaired) electrons. The number of amides is 3. The Bertz CT molecular complexity index is 578. The van der Waals surface area contributed by atoms with Gasteiger partial charge in [0.15, 0.2) is 0 Å². The molecule has 2 rings (SSSR count). The van der Waals surface area contributed by atoms with Crippen molar-refractivity contribution in [3.8, 4) is 6.07 Å². The highest BCUT2D eigenvalue weighted by Crippen LogP contribution is 2.28. The molecule has 0 spiro atoms. The molecule has 0 aromatic heterocycles. The molecule has 1 aliphatic heterocycles. The monoisotopic (exact) mass is 271 g/mol. The van der Waals surface area contributed by atoms with Crippen LogP contribution in [-0.2, 0) is 4.79 Å². The van der Waals surface area contributed by atoms with Crippen molar-refractivity contribution in [1.82, 2.24) is 5.32 Å². The minimum absolute atomic E-state index is 0.175. The summed E-state index contributed by atoms with van der Waals surface area (Å²) in [5, 5.41) is 11.7. The third-order valence-electron chi connectivity index (χ3n) is 3.41. The molecule has 0 bridgehead atoms. The van der Waals surface area contributed by atoms with Crippen molar-refractivity contribution in [3.05, 3.63) is 29.8 Å². The lowest BCUT2D eigenvalue weighted by Gasteiger charge is -2.38. The number of hydrogen-bond acceptors (Lipinski definition) is 3. The predicted molar refractivity (Wildman–Crippen MR) is 75.0 cm³/mol. The summed E-state index contributed by atoms with van der Waals surface area (Å²) in [6, 6.07) is 7.86. The summed E-state index contributed by atoms with van der Waals surface area (Å²) in [7, 11) is 0. The second kappa shape index (κ2) is 4.97. The van der Waals surface area contributed by atoms with E-state index in [-0.39, 0.29) is 23.8 Å². The molecule has 5 heteroatoms. The van der Waals surface area contributed by atoms with Crippen molar-refractivity contribution in [2.75, 3.05) is 4.90 Å². The van der Waals surface area contributed by atoms with Gasteiger partial charge in [-0.05, 0) is 23.6 Å². The number of carbonyl (C=O) groups excluding carboxylic acids is 2. The van der Waals surface area contributed by atoms with E-state index in [1.807, 2.05) is 26.8 Å². The molecular formula is C15H17N3O2. The van der Waals surface area contributed by atoms with Crippen molar-refractivity contribution in [2.24, 2.45) is 5.41 Å². The topological polar surface area (TPSA) is 73.2 Å². The molecular weight excluding hydrogens is 254 g/mol. The molecule has 1 saturated heterocycles. The molecule has 1 unspecified atom stereocenters. The molecule has 0 aliphatic carbocycles. The standard InChI is InChI=1S/C15H17N3O2/c1-15(2,3)12-8-13(19)18(14(20)17-12)11-6-4-5-10(7-11)9-16/h4-7,12H,8H2,1-3H3,(H,17,20). The predicted octanol–water partition coefficient (Wildman–Crippen LogP) is 2.42. The highest BCUT2D eigenvalue weighted by molar-refractivity contribution is 6.16. The summed E-state index contributed by atoms with van der Waals surface area (Å²) in [5.74, 6) is -0.247. The van der Waals surface area contributed by atoms with E-state index < -0.39 is 6.03 Å². The van der Waals surface area contributed by atoms with Crippen LogP contribution < -0.4 is 10.2 Å². The number of carbonyl (C=O) groups is 2. The molecule has 0 saturated carbocycles. The van der Waals surface area contributed by atoms with E-state index in [1.165, 1.54) is 6.07 Å². The number of rotatable bonds is 1. The summed E-state index contributed by atoms with van der Waals surface area (Å²) in [5.41, 5.74) is 0.672. The van der Waals surface area contributed by atoms with Crippen molar-refractivity contribution >= 4 is 17.6 Å². The quantitative estimate of drug-likeness (QED) is 0.852. The van der Waals surface area contributed by atoms with Gasteiger partial charge in [0.1, 0.15) is 0 Å². The van der Waals surface area contributed by atoms with Crippen molar-refractivity contribution in [2.45, 2.75) is 33.2 Å². The molecule has 3 amide bonds. The van der Waals surface area contributed by atoms with Gasteiger partial charge in [-0.15, -0.1) is 0 Å². The van der Waals surface area contributed by atoms with Gasteiger partial charge in [0, 0.05) is 12.5 Å². The molecule has 1 heterocycles. The van der Waals surface area contributed by atoms with Crippen LogP contribution in [0.5, 0.6) is 0 Å². The van der Waals surface area contributed by atoms with Gasteiger partial charge in [-0.2, -0.15) is 5.26 Å². The SMILES string of the molecule is CC(C)(C)C1CC(=O)N(c2cccc(C#N)c2)C(=O)N1. The molecule has 104 valence electrons. The van der Waals surface area contributed by atoms with Gasteiger partial charge in [0.25, 0.3) is 0 Å². The fourth-order valence-corrected chi connectivity index (χ4v) is 2.14. The van der Waals surface area contributed by atoms with E-state index in [4.69, 9.17) is 5.26 Å². The van der Waals surface area contributed by atoms with Crippen LogP contribution in [0.15, 0.2) is 24.3 Å². The van der Waals surface area contributed by atoms with Gasteiger partial charge in [-0.25, -0.2) is 9.69 Å². The number of hydrogen-bond donors (Lipinski definition) is 1. The van der Waals surface area contributed by atoms with Gasteiger partial charge >= 0.3 is 6.03 Å². The summed E-state index contributed by atoms with van der Waals surface area (Å²) in [6.45, 7) is 5.95. The lowest BCUT2D eigenvalue weighted by molar-refractivity contribution is -0.119. The average molecular weight is 271 g/mol. The number of nitrogens with zero attached hydrogens (tertiary/aromatic N) is 2. The number of imide groups is 1. The molecule has 1 atom stereocenters. The van der Waals surface area contributed by atoms with Crippen LogP contribution in [0.25, 0.3) is 0 Å². The highest BCUT2D eigenvalue weighted by atomic mass is 16.2. The lowest BCUT2D eigenvalue weighted by atomic mass is 9.83. The van der Waals surface area contributed by atoms with Crippen LogP contribution >= 0.6 is 0 Å².